The number of nitrogens with zero attached hydrogens (tertiary/aromatic N) is 2. The zero-order valence-corrected chi connectivity index (χ0v) is 12.5. The molecule has 3 aromatic rings. The van der Waals surface area contributed by atoms with Gasteiger partial charge < -0.3 is 10.1 Å². The Morgan fingerprint density at radius 1 is 1.32 bits per heavy atom. The second-order valence-corrected chi connectivity index (χ2v) is 5.55. The highest BCUT2D eigenvalue weighted by atomic mass is 19.1. The topological polar surface area (TPSA) is 70.4 Å². The molecule has 0 bridgehead atoms. The fourth-order valence-corrected chi connectivity index (χ4v) is 2.69. The number of fused-ring (bicyclic) bond motifs is 1. The quantitative estimate of drug-likeness (QED) is 0.764. The second kappa shape index (κ2) is 4.98. The zero-order chi connectivity index (χ0) is 16.0. The van der Waals surface area contributed by atoms with Gasteiger partial charge in [-0.05, 0) is 18.9 Å². The van der Waals surface area contributed by atoms with Crippen molar-refractivity contribution in [3.05, 3.63) is 51.7 Å². The van der Waals surface area contributed by atoms with Crippen LogP contribution >= 0.6 is 0 Å². The molecule has 0 aliphatic heterocycles. The molecule has 0 spiro atoms. The third kappa shape index (κ3) is 1.99. The number of aryl methyl sites for hydroxylation is 1. The van der Waals surface area contributed by atoms with Gasteiger partial charge in [-0.3, -0.25) is 4.79 Å². The fraction of sp³-hybridized carbons (Fsp3) is 0.250. The highest BCUT2D eigenvalue weighted by molar-refractivity contribution is 5.80. The molecule has 22 heavy (non-hydrogen) atoms. The van der Waals surface area contributed by atoms with E-state index in [1.807, 2.05) is 13.8 Å². The fourth-order valence-electron chi connectivity index (χ4n) is 2.69. The van der Waals surface area contributed by atoms with Crippen LogP contribution in [0.15, 0.2) is 29.1 Å². The molecule has 5 nitrogen and oxygen atoms in total. The predicted octanol–water partition coefficient (Wildman–Crippen LogP) is 2.97. The van der Waals surface area contributed by atoms with Crippen molar-refractivity contribution in [2.75, 3.05) is 0 Å². The highest BCUT2D eigenvalue weighted by Gasteiger charge is 2.21. The van der Waals surface area contributed by atoms with Gasteiger partial charge in [-0.25, -0.2) is 4.39 Å². The molecule has 0 amide bonds. The SMILES string of the molecule is Cc1nn2c(O)c(C(C)C)c(=O)[nH]c2c1-c1ccccc1F. The minimum absolute atomic E-state index is 0.158. The van der Waals surface area contributed by atoms with Gasteiger partial charge in [0, 0.05) is 5.56 Å². The Labute approximate surface area is 126 Å². The maximum absolute atomic E-state index is 14.1. The summed E-state index contributed by atoms with van der Waals surface area (Å²) in [6.45, 7) is 5.33. The monoisotopic (exact) mass is 301 g/mol. The van der Waals surface area contributed by atoms with E-state index in [0.717, 1.165) is 0 Å². The van der Waals surface area contributed by atoms with Gasteiger partial charge in [0.1, 0.15) is 11.5 Å². The summed E-state index contributed by atoms with van der Waals surface area (Å²) >= 11 is 0. The summed E-state index contributed by atoms with van der Waals surface area (Å²) in [6, 6.07) is 6.27. The average Bonchev–Trinajstić information content (AvgIpc) is 2.76. The van der Waals surface area contributed by atoms with Crippen LogP contribution in [0.3, 0.4) is 0 Å². The molecule has 0 unspecified atom stereocenters. The zero-order valence-electron chi connectivity index (χ0n) is 12.5. The number of aromatic nitrogens is 3. The van der Waals surface area contributed by atoms with Crippen LogP contribution in [-0.4, -0.2) is 19.7 Å². The van der Waals surface area contributed by atoms with Crippen molar-refractivity contribution in [1.82, 2.24) is 14.6 Å². The number of hydrogen-bond donors (Lipinski definition) is 2. The third-order valence-electron chi connectivity index (χ3n) is 3.70. The van der Waals surface area contributed by atoms with Crippen molar-refractivity contribution in [2.24, 2.45) is 0 Å². The van der Waals surface area contributed by atoms with Gasteiger partial charge in [0.2, 0.25) is 5.88 Å². The summed E-state index contributed by atoms with van der Waals surface area (Å²) in [4.78, 5) is 14.9. The predicted molar refractivity (Wildman–Crippen MR) is 81.7 cm³/mol. The molecule has 2 aromatic heterocycles. The van der Waals surface area contributed by atoms with E-state index in [0.29, 0.717) is 16.8 Å². The Kier molecular flexibility index (Phi) is 3.24. The molecule has 0 saturated heterocycles. The second-order valence-electron chi connectivity index (χ2n) is 5.55. The summed E-state index contributed by atoms with van der Waals surface area (Å²) in [5.74, 6) is -0.775. The standard InChI is InChI=1S/C16H16FN3O2/c1-8(2)12-15(21)18-14-13(9(3)19-20(14)16(12)22)10-6-4-5-7-11(10)17/h4-8,22H,1-3H3,(H,18,21). The number of rotatable bonds is 2. The van der Waals surface area contributed by atoms with Crippen LogP contribution in [-0.2, 0) is 0 Å². The minimum atomic E-state index is -0.409. The first-order valence-corrected chi connectivity index (χ1v) is 7.01. The molecule has 114 valence electrons. The number of benzene rings is 1. The molecule has 0 atom stereocenters. The van der Waals surface area contributed by atoms with Crippen LogP contribution < -0.4 is 5.56 Å². The van der Waals surface area contributed by atoms with E-state index in [1.165, 1.54) is 10.6 Å². The summed E-state index contributed by atoms with van der Waals surface area (Å²) < 4.78 is 15.3. The van der Waals surface area contributed by atoms with Crippen molar-refractivity contribution in [3.63, 3.8) is 0 Å². The summed E-state index contributed by atoms with van der Waals surface area (Å²) in [7, 11) is 0. The van der Waals surface area contributed by atoms with Gasteiger partial charge in [0.15, 0.2) is 0 Å². The van der Waals surface area contributed by atoms with Crippen molar-refractivity contribution in [3.8, 4) is 17.0 Å². The summed E-state index contributed by atoms with van der Waals surface area (Å²) in [5.41, 5.74) is 1.49. The van der Waals surface area contributed by atoms with Crippen molar-refractivity contribution in [2.45, 2.75) is 26.7 Å². The van der Waals surface area contributed by atoms with E-state index in [4.69, 9.17) is 0 Å². The van der Waals surface area contributed by atoms with Crippen LogP contribution in [0.25, 0.3) is 16.8 Å². The first-order chi connectivity index (χ1) is 10.4. The lowest BCUT2D eigenvalue weighted by molar-refractivity contribution is 0.422. The molecule has 0 aliphatic rings. The normalized spacial score (nSPS) is 11.5. The lowest BCUT2D eigenvalue weighted by Gasteiger charge is -2.09. The van der Waals surface area contributed by atoms with E-state index in [2.05, 4.69) is 10.1 Å². The van der Waals surface area contributed by atoms with E-state index < -0.39 is 11.4 Å². The Morgan fingerprint density at radius 2 is 2.00 bits per heavy atom. The Hall–Kier alpha value is -2.63. The molecule has 6 heteroatoms. The van der Waals surface area contributed by atoms with E-state index >= 15 is 0 Å². The van der Waals surface area contributed by atoms with Gasteiger partial charge >= 0.3 is 0 Å². The summed E-state index contributed by atoms with van der Waals surface area (Å²) in [5, 5.41) is 14.6. The van der Waals surface area contributed by atoms with Crippen LogP contribution in [0.2, 0.25) is 0 Å². The van der Waals surface area contributed by atoms with Crippen molar-refractivity contribution >= 4 is 5.65 Å². The molecule has 2 heterocycles. The van der Waals surface area contributed by atoms with Crippen LogP contribution in [0.4, 0.5) is 4.39 Å². The smallest absolute Gasteiger partial charge is 0.258 e. The van der Waals surface area contributed by atoms with Gasteiger partial charge in [-0.1, -0.05) is 32.0 Å². The van der Waals surface area contributed by atoms with Gasteiger partial charge in [-0.2, -0.15) is 9.61 Å². The number of aromatic hydroxyl groups is 1. The lowest BCUT2D eigenvalue weighted by atomic mass is 10.0. The van der Waals surface area contributed by atoms with Crippen LogP contribution in [0.1, 0.15) is 31.0 Å². The lowest BCUT2D eigenvalue weighted by Crippen LogP contribution is -2.17. The van der Waals surface area contributed by atoms with E-state index in [1.54, 1.807) is 25.1 Å². The Bertz CT molecular complexity index is 925. The van der Waals surface area contributed by atoms with Gasteiger partial charge in [0.25, 0.3) is 5.56 Å². The van der Waals surface area contributed by atoms with Gasteiger partial charge in [0.05, 0.1) is 16.8 Å². The number of aromatic amines is 1. The summed E-state index contributed by atoms with van der Waals surface area (Å²) in [6.07, 6.45) is 0. The van der Waals surface area contributed by atoms with E-state index in [-0.39, 0.29) is 23.0 Å². The average molecular weight is 301 g/mol. The molecule has 0 radical (unpaired) electrons. The molecule has 0 fully saturated rings. The first-order valence-electron chi connectivity index (χ1n) is 7.01. The third-order valence-corrected chi connectivity index (χ3v) is 3.70. The number of H-pyrrole nitrogens is 1. The Morgan fingerprint density at radius 3 is 2.64 bits per heavy atom. The minimum Gasteiger partial charge on any atom is -0.493 e. The first kappa shape index (κ1) is 14.3. The highest BCUT2D eigenvalue weighted by Crippen LogP contribution is 2.31. The molecule has 1 aromatic carbocycles. The van der Waals surface area contributed by atoms with Crippen molar-refractivity contribution < 1.29 is 9.50 Å². The number of halogens is 1. The molecule has 2 N–H and O–H groups in total. The molecule has 0 saturated carbocycles. The van der Waals surface area contributed by atoms with Crippen LogP contribution in [0, 0.1) is 12.7 Å². The van der Waals surface area contributed by atoms with Crippen molar-refractivity contribution in [1.29, 1.82) is 0 Å². The Balaban J connectivity index is 2.42. The van der Waals surface area contributed by atoms with Gasteiger partial charge in [-0.15, -0.1) is 0 Å². The maximum atomic E-state index is 14.1. The maximum Gasteiger partial charge on any atom is 0.258 e. The molecular formula is C16H16FN3O2. The molecular weight excluding hydrogens is 285 g/mol. The van der Waals surface area contributed by atoms with Crippen LogP contribution in [0.5, 0.6) is 5.88 Å². The largest absolute Gasteiger partial charge is 0.493 e. The molecule has 3 rings (SSSR count). The molecule has 0 aliphatic carbocycles. The van der Waals surface area contributed by atoms with E-state index in [9.17, 15) is 14.3 Å². The number of hydrogen-bond acceptors (Lipinski definition) is 3. The number of nitrogens with one attached hydrogen (secondary N) is 1.